The molecule has 84 valence electrons. The standard InChI is InChI=1S/C9H14N2O3S/c1-11(2)15(13,14)7-8-3-5-9(10-12)6-4-8/h3-6,10,12H,7H2,1-2H3. The van der Waals surface area contributed by atoms with Gasteiger partial charge in [-0.2, -0.15) is 0 Å². The minimum atomic E-state index is -3.22. The maximum atomic E-state index is 11.5. The average Bonchev–Trinajstić information content (AvgIpc) is 2.18. The highest BCUT2D eigenvalue weighted by Crippen LogP contribution is 2.12. The summed E-state index contributed by atoms with van der Waals surface area (Å²) >= 11 is 0. The third-order valence-electron chi connectivity index (χ3n) is 1.99. The van der Waals surface area contributed by atoms with Crippen LogP contribution in [-0.4, -0.2) is 32.0 Å². The van der Waals surface area contributed by atoms with Gasteiger partial charge in [-0.3, -0.25) is 10.7 Å². The van der Waals surface area contributed by atoms with E-state index in [1.54, 1.807) is 24.3 Å². The zero-order valence-electron chi connectivity index (χ0n) is 8.64. The Morgan fingerprint density at radius 3 is 2.20 bits per heavy atom. The van der Waals surface area contributed by atoms with Crippen LogP contribution in [0.25, 0.3) is 0 Å². The van der Waals surface area contributed by atoms with Gasteiger partial charge < -0.3 is 0 Å². The summed E-state index contributed by atoms with van der Waals surface area (Å²) < 4.78 is 24.2. The fourth-order valence-electron chi connectivity index (χ4n) is 1.02. The van der Waals surface area contributed by atoms with Crippen molar-refractivity contribution in [3.63, 3.8) is 0 Å². The Morgan fingerprint density at radius 1 is 1.27 bits per heavy atom. The fourth-order valence-corrected chi connectivity index (χ4v) is 1.89. The van der Waals surface area contributed by atoms with Crippen LogP contribution in [0.4, 0.5) is 5.69 Å². The van der Waals surface area contributed by atoms with Crippen LogP contribution >= 0.6 is 0 Å². The van der Waals surface area contributed by atoms with Gasteiger partial charge in [-0.15, -0.1) is 0 Å². The molecule has 0 radical (unpaired) electrons. The molecule has 0 saturated carbocycles. The van der Waals surface area contributed by atoms with Crippen molar-refractivity contribution in [2.75, 3.05) is 19.6 Å². The summed E-state index contributed by atoms with van der Waals surface area (Å²) in [5.41, 5.74) is 3.19. The van der Waals surface area contributed by atoms with Gasteiger partial charge in [0, 0.05) is 14.1 Å². The Labute approximate surface area is 89.3 Å². The van der Waals surface area contributed by atoms with Crippen molar-refractivity contribution >= 4 is 15.7 Å². The summed E-state index contributed by atoms with van der Waals surface area (Å²) in [7, 11) is -0.222. The number of hydrogen-bond acceptors (Lipinski definition) is 4. The summed E-state index contributed by atoms with van der Waals surface area (Å²) in [6.07, 6.45) is 0. The highest BCUT2D eigenvalue weighted by atomic mass is 32.2. The van der Waals surface area contributed by atoms with Crippen LogP contribution in [0.5, 0.6) is 0 Å². The Morgan fingerprint density at radius 2 is 1.80 bits per heavy atom. The number of benzene rings is 1. The molecule has 0 aromatic heterocycles. The molecule has 0 heterocycles. The van der Waals surface area contributed by atoms with Crippen LogP contribution in [0.1, 0.15) is 5.56 Å². The number of rotatable bonds is 4. The van der Waals surface area contributed by atoms with E-state index in [-0.39, 0.29) is 5.75 Å². The molecule has 1 aromatic rings. The smallest absolute Gasteiger partial charge is 0.217 e. The molecule has 0 aliphatic rings. The Bertz CT molecular complexity index is 411. The van der Waals surface area contributed by atoms with E-state index in [4.69, 9.17) is 5.21 Å². The molecular formula is C9H14N2O3S. The van der Waals surface area contributed by atoms with E-state index in [2.05, 4.69) is 0 Å². The predicted octanol–water partition coefficient (Wildman–Crippen LogP) is 0.879. The largest absolute Gasteiger partial charge is 0.291 e. The molecule has 0 saturated heterocycles. The lowest BCUT2D eigenvalue weighted by Crippen LogP contribution is -2.23. The topological polar surface area (TPSA) is 69.6 Å². The van der Waals surface area contributed by atoms with Gasteiger partial charge >= 0.3 is 0 Å². The van der Waals surface area contributed by atoms with Crippen LogP contribution < -0.4 is 5.48 Å². The number of sulfonamides is 1. The van der Waals surface area contributed by atoms with Gasteiger partial charge in [-0.05, 0) is 17.7 Å². The van der Waals surface area contributed by atoms with Gasteiger partial charge in [0.05, 0.1) is 11.4 Å². The second kappa shape index (κ2) is 4.61. The number of anilines is 1. The molecule has 0 aliphatic heterocycles. The third-order valence-corrected chi connectivity index (χ3v) is 3.80. The molecule has 0 fully saturated rings. The molecule has 0 spiro atoms. The predicted molar refractivity (Wildman–Crippen MR) is 58.2 cm³/mol. The lowest BCUT2D eigenvalue weighted by Gasteiger charge is -2.11. The molecule has 0 aliphatic carbocycles. The van der Waals surface area contributed by atoms with Crippen molar-refractivity contribution in [2.45, 2.75) is 5.75 Å². The molecule has 15 heavy (non-hydrogen) atoms. The second-order valence-corrected chi connectivity index (χ2v) is 5.53. The van der Waals surface area contributed by atoms with E-state index in [9.17, 15) is 8.42 Å². The lowest BCUT2D eigenvalue weighted by atomic mass is 10.2. The molecule has 1 rings (SSSR count). The summed E-state index contributed by atoms with van der Waals surface area (Å²) in [6, 6.07) is 6.53. The summed E-state index contributed by atoms with van der Waals surface area (Å²) in [4.78, 5) is 0. The van der Waals surface area contributed by atoms with Gasteiger partial charge in [0.1, 0.15) is 0 Å². The molecule has 0 bridgehead atoms. The fraction of sp³-hybridized carbons (Fsp3) is 0.333. The lowest BCUT2D eigenvalue weighted by molar-refractivity contribution is 0.389. The van der Waals surface area contributed by atoms with E-state index < -0.39 is 10.0 Å². The minimum Gasteiger partial charge on any atom is -0.291 e. The first-order chi connectivity index (χ1) is 6.95. The van der Waals surface area contributed by atoms with Crippen molar-refractivity contribution in [2.24, 2.45) is 0 Å². The third kappa shape index (κ3) is 3.19. The highest BCUT2D eigenvalue weighted by Gasteiger charge is 2.13. The van der Waals surface area contributed by atoms with E-state index in [0.29, 0.717) is 11.3 Å². The van der Waals surface area contributed by atoms with Gasteiger partial charge in [-0.1, -0.05) is 12.1 Å². The van der Waals surface area contributed by atoms with E-state index >= 15 is 0 Å². The van der Waals surface area contributed by atoms with Crippen molar-refractivity contribution in [1.29, 1.82) is 0 Å². The molecular weight excluding hydrogens is 216 g/mol. The molecule has 2 N–H and O–H groups in total. The number of nitrogens with zero attached hydrogens (tertiary/aromatic N) is 1. The second-order valence-electron chi connectivity index (χ2n) is 3.35. The van der Waals surface area contributed by atoms with Gasteiger partial charge in [0.2, 0.25) is 10.0 Å². The van der Waals surface area contributed by atoms with Crippen LogP contribution in [0.2, 0.25) is 0 Å². The Hall–Kier alpha value is -1.11. The summed E-state index contributed by atoms with van der Waals surface area (Å²) in [6.45, 7) is 0. The van der Waals surface area contributed by atoms with Gasteiger partial charge in [0.25, 0.3) is 0 Å². The molecule has 6 heteroatoms. The minimum absolute atomic E-state index is 0.0360. The molecule has 0 amide bonds. The maximum Gasteiger partial charge on any atom is 0.217 e. The van der Waals surface area contributed by atoms with E-state index in [1.807, 2.05) is 5.48 Å². The maximum absolute atomic E-state index is 11.5. The zero-order chi connectivity index (χ0) is 11.5. The van der Waals surface area contributed by atoms with E-state index in [1.165, 1.54) is 18.4 Å². The quantitative estimate of drug-likeness (QED) is 0.753. The highest BCUT2D eigenvalue weighted by molar-refractivity contribution is 7.88. The van der Waals surface area contributed by atoms with Crippen molar-refractivity contribution in [3.05, 3.63) is 29.8 Å². The molecule has 5 nitrogen and oxygen atoms in total. The molecule has 0 atom stereocenters. The van der Waals surface area contributed by atoms with E-state index in [0.717, 1.165) is 0 Å². The van der Waals surface area contributed by atoms with Gasteiger partial charge in [-0.25, -0.2) is 12.7 Å². The van der Waals surface area contributed by atoms with Crippen LogP contribution in [-0.2, 0) is 15.8 Å². The summed E-state index contributed by atoms with van der Waals surface area (Å²) in [5, 5.41) is 8.57. The normalized spacial score (nSPS) is 11.7. The Kier molecular flexibility index (Phi) is 3.67. The first kappa shape index (κ1) is 12.0. The monoisotopic (exact) mass is 230 g/mol. The van der Waals surface area contributed by atoms with Crippen molar-refractivity contribution in [1.82, 2.24) is 4.31 Å². The van der Waals surface area contributed by atoms with Gasteiger partial charge in [0.15, 0.2) is 0 Å². The number of nitrogens with one attached hydrogen (secondary N) is 1. The summed E-state index contributed by atoms with van der Waals surface area (Å²) in [5.74, 6) is -0.0360. The molecule has 1 aromatic carbocycles. The van der Waals surface area contributed by atoms with Crippen LogP contribution in [0.3, 0.4) is 0 Å². The zero-order valence-corrected chi connectivity index (χ0v) is 9.45. The van der Waals surface area contributed by atoms with Crippen LogP contribution in [0, 0.1) is 0 Å². The van der Waals surface area contributed by atoms with Crippen molar-refractivity contribution in [3.8, 4) is 0 Å². The molecule has 0 unspecified atom stereocenters. The first-order valence-electron chi connectivity index (χ1n) is 4.35. The van der Waals surface area contributed by atoms with Crippen LogP contribution in [0.15, 0.2) is 24.3 Å². The Balaban J connectivity index is 2.82. The number of hydrogen-bond donors (Lipinski definition) is 2. The SMILES string of the molecule is CN(C)S(=O)(=O)Cc1ccc(NO)cc1. The van der Waals surface area contributed by atoms with Crippen molar-refractivity contribution < 1.29 is 13.6 Å². The average molecular weight is 230 g/mol. The first-order valence-corrected chi connectivity index (χ1v) is 5.96.